The number of hydrogen-bond donors (Lipinski definition) is 1. The number of rotatable bonds is 5. The van der Waals surface area contributed by atoms with Gasteiger partial charge in [-0.2, -0.15) is 0 Å². The molecule has 2 N–H and O–H groups in total. The van der Waals surface area contributed by atoms with E-state index in [-0.39, 0.29) is 11.8 Å². The van der Waals surface area contributed by atoms with Crippen molar-refractivity contribution in [1.82, 2.24) is 4.90 Å². The van der Waals surface area contributed by atoms with E-state index in [0.29, 0.717) is 13.0 Å². The van der Waals surface area contributed by atoms with E-state index in [4.69, 9.17) is 5.73 Å². The lowest BCUT2D eigenvalue weighted by atomic mass is 10.1. The fraction of sp³-hybridized carbons (Fsp3) is 0.875. The van der Waals surface area contributed by atoms with E-state index in [9.17, 15) is 4.79 Å². The number of Topliss-reactive ketones (excluding diaryl/α,β-unsaturated/α-hetero) is 1. The fourth-order valence-corrected chi connectivity index (χ4v) is 1.10. The van der Waals surface area contributed by atoms with Crippen molar-refractivity contribution < 1.29 is 4.79 Å². The van der Waals surface area contributed by atoms with Gasteiger partial charge in [0.15, 0.2) is 0 Å². The Morgan fingerprint density at radius 3 is 2.36 bits per heavy atom. The van der Waals surface area contributed by atoms with Gasteiger partial charge in [0, 0.05) is 6.42 Å². The predicted octanol–water partition coefficient (Wildman–Crippen LogP) is 0.244. The summed E-state index contributed by atoms with van der Waals surface area (Å²) < 4.78 is 0. The van der Waals surface area contributed by atoms with Crippen LogP contribution in [0.1, 0.15) is 19.8 Å². The van der Waals surface area contributed by atoms with Crippen LogP contribution in [0.2, 0.25) is 0 Å². The smallest absolute Gasteiger partial charge is 0.149 e. The van der Waals surface area contributed by atoms with Crippen molar-refractivity contribution in [3.8, 4) is 0 Å². The van der Waals surface area contributed by atoms with Gasteiger partial charge in [-0.05, 0) is 27.1 Å². The molecule has 0 aromatic rings. The summed E-state index contributed by atoms with van der Waals surface area (Å²) in [5.74, 6) is 0.278. The third-order valence-electron chi connectivity index (χ3n) is 1.78. The SMILES string of the molecule is CCC(=O)C(CCN)N(C)C. The Bertz CT molecular complexity index is 123. The van der Waals surface area contributed by atoms with Gasteiger partial charge in [-0.25, -0.2) is 0 Å². The van der Waals surface area contributed by atoms with E-state index < -0.39 is 0 Å². The first-order valence-corrected chi connectivity index (χ1v) is 4.02. The van der Waals surface area contributed by atoms with Gasteiger partial charge in [0.2, 0.25) is 0 Å². The molecule has 0 aliphatic heterocycles. The zero-order valence-electron chi connectivity index (χ0n) is 7.63. The van der Waals surface area contributed by atoms with E-state index >= 15 is 0 Å². The van der Waals surface area contributed by atoms with E-state index in [0.717, 1.165) is 6.42 Å². The van der Waals surface area contributed by atoms with Gasteiger partial charge in [0.1, 0.15) is 5.78 Å². The van der Waals surface area contributed by atoms with Crippen molar-refractivity contribution >= 4 is 5.78 Å². The molecule has 0 amide bonds. The molecular formula is C8H18N2O. The Morgan fingerprint density at radius 2 is 2.09 bits per heavy atom. The number of carbonyl (C=O) groups is 1. The molecule has 11 heavy (non-hydrogen) atoms. The van der Waals surface area contributed by atoms with Gasteiger partial charge in [0.25, 0.3) is 0 Å². The molecule has 0 spiro atoms. The van der Waals surface area contributed by atoms with Crippen LogP contribution < -0.4 is 5.73 Å². The van der Waals surface area contributed by atoms with Gasteiger partial charge < -0.3 is 5.73 Å². The Labute approximate surface area is 68.6 Å². The lowest BCUT2D eigenvalue weighted by molar-refractivity contribution is -0.123. The van der Waals surface area contributed by atoms with Gasteiger partial charge >= 0.3 is 0 Å². The van der Waals surface area contributed by atoms with Crippen LogP contribution in [-0.2, 0) is 4.79 Å². The summed E-state index contributed by atoms with van der Waals surface area (Å²) in [4.78, 5) is 13.2. The highest BCUT2D eigenvalue weighted by molar-refractivity contribution is 5.83. The standard InChI is InChI=1S/C8H18N2O/c1-4-8(11)7(5-6-9)10(2)3/h7H,4-6,9H2,1-3H3. The predicted molar refractivity (Wildman–Crippen MR) is 46.4 cm³/mol. The summed E-state index contributed by atoms with van der Waals surface area (Å²) in [5, 5.41) is 0. The number of nitrogens with two attached hydrogens (primary N) is 1. The van der Waals surface area contributed by atoms with Gasteiger partial charge in [-0.1, -0.05) is 6.92 Å². The molecule has 0 radical (unpaired) electrons. The number of carbonyl (C=O) groups excluding carboxylic acids is 1. The second-order valence-corrected chi connectivity index (χ2v) is 2.88. The molecule has 66 valence electrons. The van der Waals surface area contributed by atoms with Crippen LogP contribution in [0.25, 0.3) is 0 Å². The number of hydrogen-bond acceptors (Lipinski definition) is 3. The highest BCUT2D eigenvalue weighted by Gasteiger charge is 2.16. The Morgan fingerprint density at radius 1 is 1.55 bits per heavy atom. The van der Waals surface area contributed by atoms with Crippen molar-refractivity contribution in [3.05, 3.63) is 0 Å². The highest BCUT2D eigenvalue weighted by Crippen LogP contribution is 2.02. The largest absolute Gasteiger partial charge is 0.330 e. The number of nitrogens with zero attached hydrogens (tertiary/aromatic N) is 1. The minimum Gasteiger partial charge on any atom is -0.330 e. The van der Waals surface area contributed by atoms with E-state index in [2.05, 4.69) is 0 Å². The lowest BCUT2D eigenvalue weighted by Gasteiger charge is -2.21. The Hall–Kier alpha value is -0.410. The highest BCUT2D eigenvalue weighted by atomic mass is 16.1. The lowest BCUT2D eigenvalue weighted by Crippen LogP contribution is -2.37. The van der Waals surface area contributed by atoms with Gasteiger partial charge in [-0.15, -0.1) is 0 Å². The molecule has 0 aromatic carbocycles. The third-order valence-corrected chi connectivity index (χ3v) is 1.78. The molecule has 0 aliphatic carbocycles. The zero-order chi connectivity index (χ0) is 8.85. The second kappa shape index (κ2) is 5.27. The molecule has 0 saturated heterocycles. The van der Waals surface area contributed by atoms with E-state index in [1.165, 1.54) is 0 Å². The molecule has 1 unspecified atom stereocenters. The molecule has 1 atom stereocenters. The summed E-state index contributed by atoms with van der Waals surface area (Å²) in [6.45, 7) is 2.46. The molecule has 3 heteroatoms. The minimum atomic E-state index is 0.0185. The molecule has 3 nitrogen and oxygen atoms in total. The molecule has 0 rings (SSSR count). The number of ketones is 1. The first-order valence-electron chi connectivity index (χ1n) is 4.02. The third kappa shape index (κ3) is 3.49. The van der Waals surface area contributed by atoms with E-state index in [1.54, 1.807) is 0 Å². The second-order valence-electron chi connectivity index (χ2n) is 2.88. The van der Waals surface area contributed by atoms with Crippen LogP contribution in [0, 0.1) is 0 Å². The first kappa shape index (κ1) is 10.6. The maximum absolute atomic E-state index is 11.2. The Kier molecular flexibility index (Phi) is 5.07. The molecule has 0 fully saturated rings. The molecule has 0 bridgehead atoms. The summed E-state index contributed by atoms with van der Waals surface area (Å²) in [7, 11) is 3.82. The van der Waals surface area contributed by atoms with Gasteiger partial charge in [-0.3, -0.25) is 9.69 Å². The fourth-order valence-electron chi connectivity index (χ4n) is 1.10. The average Bonchev–Trinajstić information content (AvgIpc) is 1.98. The number of likely N-dealkylation sites (N-methyl/N-ethyl adjacent to an activating group) is 1. The zero-order valence-corrected chi connectivity index (χ0v) is 7.63. The monoisotopic (exact) mass is 158 g/mol. The van der Waals surface area contributed by atoms with Crippen molar-refractivity contribution in [1.29, 1.82) is 0 Å². The van der Waals surface area contributed by atoms with Crippen molar-refractivity contribution in [2.24, 2.45) is 5.73 Å². The first-order chi connectivity index (χ1) is 5.13. The minimum absolute atomic E-state index is 0.0185. The normalized spacial score (nSPS) is 13.5. The van der Waals surface area contributed by atoms with Crippen molar-refractivity contribution in [2.75, 3.05) is 20.6 Å². The van der Waals surface area contributed by atoms with Crippen molar-refractivity contribution in [3.63, 3.8) is 0 Å². The van der Waals surface area contributed by atoms with Crippen LogP contribution in [0.15, 0.2) is 0 Å². The van der Waals surface area contributed by atoms with Crippen LogP contribution in [0.4, 0.5) is 0 Å². The Balaban J connectivity index is 3.98. The van der Waals surface area contributed by atoms with E-state index in [1.807, 2.05) is 25.9 Å². The maximum Gasteiger partial charge on any atom is 0.149 e. The average molecular weight is 158 g/mol. The quantitative estimate of drug-likeness (QED) is 0.623. The van der Waals surface area contributed by atoms with Gasteiger partial charge in [0.05, 0.1) is 6.04 Å². The van der Waals surface area contributed by atoms with Crippen LogP contribution in [0.5, 0.6) is 0 Å². The summed E-state index contributed by atoms with van der Waals surface area (Å²) in [6, 6.07) is 0.0185. The molecular weight excluding hydrogens is 140 g/mol. The van der Waals surface area contributed by atoms with Crippen molar-refractivity contribution in [2.45, 2.75) is 25.8 Å². The molecule has 0 aromatic heterocycles. The summed E-state index contributed by atoms with van der Waals surface area (Å²) in [6.07, 6.45) is 1.36. The summed E-state index contributed by atoms with van der Waals surface area (Å²) >= 11 is 0. The van der Waals surface area contributed by atoms with Crippen LogP contribution in [0.3, 0.4) is 0 Å². The molecule has 0 saturated carbocycles. The van der Waals surface area contributed by atoms with Crippen LogP contribution >= 0.6 is 0 Å². The summed E-state index contributed by atoms with van der Waals surface area (Å²) in [5.41, 5.74) is 5.38. The molecule has 0 aliphatic rings. The molecule has 0 heterocycles. The maximum atomic E-state index is 11.2. The van der Waals surface area contributed by atoms with Crippen LogP contribution in [-0.4, -0.2) is 37.4 Å². The topological polar surface area (TPSA) is 46.3 Å².